The van der Waals surface area contributed by atoms with Gasteiger partial charge in [-0.15, -0.1) is 0 Å². The van der Waals surface area contributed by atoms with Gasteiger partial charge in [0.2, 0.25) is 0 Å². The molecule has 1 aromatic heterocycles. The second-order valence-electron chi connectivity index (χ2n) is 2.90. The molecule has 58 valence electrons. The molecule has 0 amide bonds. The first-order valence-corrected chi connectivity index (χ1v) is 3.93. The molecule has 1 heterocycles. The second-order valence-corrected chi connectivity index (χ2v) is 3.29. The van der Waals surface area contributed by atoms with Crippen molar-refractivity contribution in [1.29, 1.82) is 0 Å². The minimum Gasteiger partial charge on any atom is -0.385 e. The zero-order chi connectivity index (χ0) is 7.90. The quantitative estimate of drug-likeness (QED) is 0.650. The number of pyridine rings is 1. The molecule has 0 aromatic carbocycles. The fourth-order valence-electron chi connectivity index (χ4n) is 1.10. The Balaban J connectivity index is 2.38. The van der Waals surface area contributed by atoms with E-state index in [0.29, 0.717) is 5.15 Å². The fraction of sp³-hybridized carbons (Fsp3) is 0.375. The molecule has 0 unspecified atom stereocenters. The van der Waals surface area contributed by atoms with Crippen LogP contribution in [0.1, 0.15) is 18.4 Å². The highest BCUT2D eigenvalue weighted by atomic mass is 35.5. The summed E-state index contributed by atoms with van der Waals surface area (Å²) in [5.41, 5.74) is 0.296. The van der Waals surface area contributed by atoms with Crippen molar-refractivity contribution in [3.63, 3.8) is 0 Å². The summed E-state index contributed by atoms with van der Waals surface area (Å²) in [6.45, 7) is 0. The summed E-state index contributed by atoms with van der Waals surface area (Å²) >= 11 is 5.66. The zero-order valence-corrected chi connectivity index (χ0v) is 6.67. The Morgan fingerprint density at radius 2 is 2.27 bits per heavy atom. The molecule has 0 radical (unpaired) electrons. The number of hydrogen-bond donors (Lipinski definition) is 1. The molecular formula is C8H8ClNO. The molecule has 1 N–H and O–H groups in total. The fourth-order valence-corrected chi connectivity index (χ4v) is 1.27. The molecule has 0 bridgehead atoms. The van der Waals surface area contributed by atoms with E-state index >= 15 is 0 Å². The SMILES string of the molecule is OC1(c2ccnc(Cl)c2)CC1. The smallest absolute Gasteiger partial charge is 0.129 e. The first-order chi connectivity index (χ1) is 5.21. The maximum atomic E-state index is 9.64. The minimum absolute atomic E-state index is 0.447. The number of halogens is 1. The standard InChI is InChI=1S/C8H8ClNO/c9-7-5-6(1-4-10-7)8(11)2-3-8/h1,4-5,11H,2-3H2. The predicted octanol–water partition coefficient (Wildman–Crippen LogP) is 1.72. The molecule has 1 aliphatic carbocycles. The predicted molar refractivity (Wildman–Crippen MR) is 42.4 cm³/mol. The van der Waals surface area contributed by atoms with Gasteiger partial charge in [0.05, 0.1) is 5.60 Å². The van der Waals surface area contributed by atoms with E-state index < -0.39 is 5.60 Å². The third kappa shape index (κ3) is 1.24. The van der Waals surface area contributed by atoms with E-state index in [2.05, 4.69) is 4.98 Å². The lowest BCUT2D eigenvalue weighted by Gasteiger charge is -2.06. The van der Waals surface area contributed by atoms with Crippen molar-refractivity contribution in [2.45, 2.75) is 18.4 Å². The van der Waals surface area contributed by atoms with Gasteiger partial charge in [0.1, 0.15) is 5.15 Å². The summed E-state index contributed by atoms with van der Waals surface area (Å²) in [5.74, 6) is 0. The van der Waals surface area contributed by atoms with E-state index in [1.54, 1.807) is 18.3 Å². The minimum atomic E-state index is -0.591. The van der Waals surface area contributed by atoms with Crippen LogP contribution in [0.15, 0.2) is 18.3 Å². The van der Waals surface area contributed by atoms with Gasteiger partial charge in [0.25, 0.3) is 0 Å². The van der Waals surface area contributed by atoms with E-state index in [0.717, 1.165) is 18.4 Å². The van der Waals surface area contributed by atoms with Crippen molar-refractivity contribution >= 4 is 11.6 Å². The number of nitrogens with zero attached hydrogens (tertiary/aromatic N) is 1. The van der Waals surface area contributed by atoms with Crippen molar-refractivity contribution in [1.82, 2.24) is 4.98 Å². The average molecular weight is 170 g/mol. The van der Waals surface area contributed by atoms with E-state index in [9.17, 15) is 5.11 Å². The first-order valence-electron chi connectivity index (χ1n) is 3.55. The lowest BCUT2D eigenvalue weighted by molar-refractivity contribution is 0.151. The summed E-state index contributed by atoms with van der Waals surface area (Å²) in [5, 5.41) is 10.1. The molecule has 0 spiro atoms. The Hall–Kier alpha value is -0.600. The van der Waals surface area contributed by atoms with E-state index in [1.807, 2.05) is 0 Å². The van der Waals surface area contributed by atoms with Gasteiger partial charge in [0.15, 0.2) is 0 Å². The molecule has 1 aliphatic rings. The lowest BCUT2D eigenvalue weighted by Crippen LogP contribution is -2.03. The van der Waals surface area contributed by atoms with Crippen LogP contribution in [-0.2, 0) is 5.60 Å². The van der Waals surface area contributed by atoms with E-state index in [4.69, 9.17) is 11.6 Å². The third-order valence-corrected chi connectivity index (χ3v) is 2.19. The molecule has 0 saturated heterocycles. The Morgan fingerprint density at radius 3 is 2.82 bits per heavy atom. The van der Waals surface area contributed by atoms with Crippen molar-refractivity contribution < 1.29 is 5.11 Å². The van der Waals surface area contributed by atoms with Gasteiger partial charge in [-0.2, -0.15) is 0 Å². The van der Waals surface area contributed by atoms with Gasteiger partial charge in [-0.1, -0.05) is 11.6 Å². The summed E-state index contributed by atoms with van der Waals surface area (Å²) in [7, 11) is 0. The second kappa shape index (κ2) is 2.19. The molecule has 0 atom stereocenters. The highest BCUT2D eigenvalue weighted by Crippen LogP contribution is 2.45. The summed E-state index contributed by atoms with van der Waals surface area (Å²) in [6.07, 6.45) is 3.30. The van der Waals surface area contributed by atoms with Crippen LogP contribution < -0.4 is 0 Å². The number of rotatable bonds is 1. The van der Waals surface area contributed by atoms with Gasteiger partial charge in [-0.05, 0) is 30.5 Å². The summed E-state index contributed by atoms with van der Waals surface area (Å²) in [6, 6.07) is 3.52. The Kier molecular flexibility index (Phi) is 1.41. The average Bonchev–Trinajstić information content (AvgIpc) is 2.70. The monoisotopic (exact) mass is 169 g/mol. The van der Waals surface area contributed by atoms with Crippen molar-refractivity contribution in [3.8, 4) is 0 Å². The van der Waals surface area contributed by atoms with Crippen molar-refractivity contribution in [2.24, 2.45) is 0 Å². The van der Waals surface area contributed by atoms with Crippen LogP contribution in [0, 0.1) is 0 Å². The zero-order valence-electron chi connectivity index (χ0n) is 5.92. The molecular weight excluding hydrogens is 162 g/mol. The molecule has 1 saturated carbocycles. The van der Waals surface area contributed by atoms with Crippen molar-refractivity contribution in [2.75, 3.05) is 0 Å². The molecule has 11 heavy (non-hydrogen) atoms. The highest BCUT2D eigenvalue weighted by Gasteiger charge is 2.42. The highest BCUT2D eigenvalue weighted by molar-refractivity contribution is 6.29. The normalized spacial score (nSPS) is 19.8. The molecule has 1 aromatic rings. The topological polar surface area (TPSA) is 33.1 Å². The van der Waals surface area contributed by atoms with Crippen LogP contribution >= 0.6 is 11.6 Å². The van der Waals surface area contributed by atoms with Crippen LogP contribution in [0.25, 0.3) is 0 Å². The van der Waals surface area contributed by atoms with Gasteiger partial charge < -0.3 is 5.11 Å². The van der Waals surface area contributed by atoms with Gasteiger partial charge in [0, 0.05) is 6.20 Å². The molecule has 2 rings (SSSR count). The first kappa shape index (κ1) is 7.07. The number of aliphatic hydroxyl groups is 1. The summed E-state index contributed by atoms with van der Waals surface area (Å²) in [4.78, 5) is 3.84. The molecule has 3 heteroatoms. The van der Waals surface area contributed by atoms with Gasteiger partial charge in [-0.3, -0.25) is 0 Å². The maximum Gasteiger partial charge on any atom is 0.129 e. The Morgan fingerprint density at radius 1 is 1.55 bits per heavy atom. The Bertz CT molecular complexity index is 283. The lowest BCUT2D eigenvalue weighted by atomic mass is 10.1. The molecule has 2 nitrogen and oxygen atoms in total. The van der Waals surface area contributed by atoms with Crippen LogP contribution in [-0.4, -0.2) is 10.1 Å². The van der Waals surface area contributed by atoms with Crippen LogP contribution in [0.3, 0.4) is 0 Å². The molecule has 1 fully saturated rings. The maximum absolute atomic E-state index is 9.64. The largest absolute Gasteiger partial charge is 0.385 e. The third-order valence-electron chi connectivity index (χ3n) is 1.99. The van der Waals surface area contributed by atoms with Gasteiger partial charge in [-0.25, -0.2) is 4.98 Å². The van der Waals surface area contributed by atoms with Crippen LogP contribution in [0.4, 0.5) is 0 Å². The number of hydrogen-bond acceptors (Lipinski definition) is 2. The van der Waals surface area contributed by atoms with Crippen LogP contribution in [0.5, 0.6) is 0 Å². The van der Waals surface area contributed by atoms with Crippen LogP contribution in [0.2, 0.25) is 5.15 Å². The van der Waals surface area contributed by atoms with Crippen molar-refractivity contribution in [3.05, 3.63) is 29.0 Å². The summed E-state index contributed by atoms with van der Waals surface area (Å²) < 4.78 is 0. The van der Waals surface area contributed by atoms with Gasteiger partial charge >= 0.3 is 0 Å². The number of aromatic nitrogens is 1. The molecule has 0 aliphatic heterocycles. The Labute approximate surface area is 69.8 Å². The van der Waals surface area contributed by atoms with E-state index in [1.165, 1.54) is 0 Å². The van der Waals surface area contributed by atoms with E-state index in [-0.39, 0.29) is 0 Å².